The smallest absolute Gasteiger partial charge is 0.253 e. The molecular weight excluding hydrogens is 318 g/mol. The number of ether oxygens (including phenoxy) is 1. The van der Waals surface area contributed by atoms with Crippen LogP contribution in [0.25, 0.3) is 0 Å². The van der Waals surface area contributed by atoms with Crippen LogP contribution in [0.1, 0.15) is 40.1 Å². The Morgan fingerprint density at radius 1 is 1.16 bits per heavy atom. The summed E-state index contributed by atoms with van der Waals surface area (Å²) in [5, 5.41) is 9.09. The number of hydrogen-bond acceptors (Lipinski definition) is 4. The van der Waals surface area contributed by atoms with Crippen LogP contribution in [0.3, 0.4) is 0 Å². The van der Waals surface area contributed by atoms with Crippen molar-refractivity contribution in [3.8, 4) is 11.5 Å². The van der Waals surface area contributed by atoms with Crippen molar-refractivity contribution in [3.05, 3.63) is 59.2 Å². The van der Waals surface area contributed by atoms with Crippen LogP contribution >= 0.6 is 0 Å². The van der Waals surface area contributed by atoms with Crippen LogP contribution in [0.15, 0.2) is 42.5 Å². The number of aryl methyl sites for hydroxylation is 1. The number of aldehydes is 1. The van der Waals surface area contributed by atoms with Gasteiger partial charge in [-0.25, -0.2) is 0 Å². The van der Waals surface area contributed by atoms with Gasteiger partial charge in [-0.3, -0.25) is 9.59 Å². The summed E-state index contributed by atoms with van der Waals surface area (Å²) in [5.74, 6) is 0.478. The molecule has 0 heterocycles. The first-order valence-electron chi connectivity index (χ1n) is 8.14. The fourth-order valence-corrected chi connectivity index (χ4v) is 2.24. The van der Waals surface area contributed by atoms with Crippen molar-refractivity contribution in [2.24, 2.45) is 0 Å². The van der Waals surface area contributed by atoms with E-state index in [0.29, 0.717) is 17.6 Å². The molecule has 0 fully saturated rings. The topological polar surface area (TPSA) is 66.8 Å². The third kappa shape index (κ3) is 5.95. The Morgan fingerprint density at radius 2 is 1.84 bits per heavy atom. The van der Waals surface area contributed by atoms with Gasteiger partial charge in [0.1, 0.15) is 6.29 Å². The number of carbonyl (C=O) groups is 2. The second-order valence-corrected chi connectivity index (χ2v) is 5.40. The molecule has 0 atom stereocenters. The van der Waals surface area contributed by atoms with E-state index in [1.54, 1.807) is 0 Å². The van der Waals surface area contributed by atoms with E-state index in [4.69, 9.17) is 9.84 Å². The number of aromatic hydroxyl groups is 1. The fraction of sp³-hybridized carbons (Fsp3) is 0.300. The highest BCUT2D eigenvalue weighted by Crippen LogP contribution is 2.25. The molecule has 2 aromatic carbocycles. The van der Waals surface area contributed by atoms with Crippen LogP contribution in [0.5, 0.6) is 11.5 Å². The Morgan fingerprint density at radius 3 is 2.36 bits per heavy atom. The largest absolute Gasteiger partial charge is 0.504 e. The first kappa shape index (κ1) is 20.2. The van der Waals surface area contributed by atoms with E-state index in [9.17, 15) is 9.59 Å². The van der Waals surface area contributed by atoms with Crippen LogP contribution in [-0.4, -0.2) is 42.4 Å². The molecule has 0 spiro atoms. The lowest BCUT2D eigenvalue weighted by atomic mass is 10.1. The molecule has 25 heavy (non-hydrogen) atoms. The van der Waals surface area contributed by atoms with Gasteiger partial charge in [-0.2, -0.15) is 0 Å². The van der Waals surface area contributed by atoms with Gasteiger partial charge < -0.3 is 14.7 Å². The zero-order valence-electron chi connectivity index (χ0n) is 15.2. The number of nitrogens with zero attached hydrogens (tertiary/aromatic N) is 1. The van der Waals surface area contributed by atoms with Crippen molar-refractivity contribution in [1.82, 2.24) is 4.90 Å². The Labute approximate surface area is 148 Å². The summed E-state index contributed by atoms with van der Waals surface area (Å²) in [6.45, 7) is 7.53. The quantitative estimate of drug-likeness (QED) is 0.841. The van der Waals surface area contributed by atoms with Crippen LogP contribution in [-0.2, 0) is 0 Å². The Bertz CT molecular complexity index is 709. The molecule has 0 aromatic heterocycles. The summed E-state index contributed by atoms with van der Waals surface area (Å²) in [7, 11) is 1.43. The minimum Gasteiger partial charge on any atom is -0.504 e. The van der Waals surface area contributed by atoms with Crippen molar-refractivity contribution < 1.29 is 19.4 Å². The average Bonchev–Trinajstić information content (AvgIpc) is 2.63. The van der Waals surface area contributed by atoms with Gasteiger partial charge in [0.05, 0.1) is 7.11 Å². The molecule has 2 rings (SSSR count). The summed E-state index contributed by atoms with van der Waals surface area (Å²) in [6, 6.07) is 12.1. The van der Waals surface area contributed by atoms with E-state index >= 15 is 0 Å². The molecule has 5 nitrogen and oxygen atoms in total. The number of phenols is 1. The Kier molecular flexibility index (Phi) is 8.19. The number of hydrogen-bond donors (Lipinski definition) is 1. The van der Waals surface area contributed by atoms with Crippen molar-refractivity contribution in [1.29, 1.82) is 0 Å². The fourth-order valence-electron chi connectivity index (χ4n) is 2.24. The first-order valence-corrected chi connectivity index (χ1v) is 8.14. The molecule has 0 aliphatic rings. The number of methoxy groups -OCH3 is 1. The SMILES string of the molecule is CCN(CC)C(=O)c1cccc(C)c1.COc1cc(C=O)ccc1O. The molecule has 1 amide bonds. The molecule has 0 aliphatic heterocycles. The maximum atomic E-state index is 11.9. The highest BCUT2D eigenvalue weighted by atomic mass is 16.5. The highest BCUT2D eigenvalue weighted by Gasteiger charge is 2.11. The third-order valence-corrected chi connectivity index (χ3v) is 3.66. The Balaban J connectivity index is 0.000000257. The lowest BCUT2D eigenvalue weighted by Gasteiger charge is -2.18. The molecule has 0 radical (unpaired) electrons. The zero-order chi connectivity index (χ0) is 18.8. The number of phenolic OH excluding ortho intramolecular Hbond substituents is 1. The van der Waals surface area contributed by atoms with E-state index in [-0.39, 0.29) is 11.7 Å². The summed E-state index contributed by atoms with van der Waals surface area (Å²) in [6.07, 6.45) is 0.696. The van der Waals surface area contributed by atoms with Crippen LogP contribution in [0.4, 0.5) is 0 Å². The maximum absolute atomic E-state index is 11.9. The molecule has 1 N–H and O–H groups in total. The number of rotatable bonds is 5. The van der Waals surface area contributed by atoms with E-state index in [0.717, 1.165) is 24.2 Å². The van der Waals surface area contributed by atoms with E-state index in [1.165, 1.54) is 25.3 Å². The van der Waals surface area contributed by atoms with Crippen molar-refractivity contribution in [3.63, 3.8) is 0 Å². The molecule has 134 valence electrons. The number of benzene rings is 2. The van der Waals surface area contributed by atoms with Crippen molar-refractivity contribution in [2.75, 3.05) is 20.2 Å². The molecule has 0 bridgehead atoms. The Hall–Kier alpha value is -2.82. The molecule has 2 aromatic rings. The summed E-state index contributed by atoms with van der Waals surface area (Å²) >= 11 is 0. The molecule has 0 aliphatic carbocycles. The van der Waals surface area contributed by atoms with Gasteiger partial charge in [0.2, 0.25) is 0 Å². The third-order valence-electron chi connectivity index (χ3n) is 3.66. The van der Waals surface area contributed by atoms with Gasteiger partial charge in [0.25, 0.3) is 5.91 Å². The monoisotopic (exact) mass is 343 g/mol. The zero-order valence-corrected chi connectivity index (χ0v) is 15.2. The van der Waals surface area contributed by atoms with Gasteiger partial charge in [-0.05, 0) is 51.1 Å². The molecule has 0 saturated heterocycles. The van der Waals surface area contributed by atoms with E-state index in [1.807, 2.05) is 49.9 Å². The normalized spacial score (nSPS) is 9.60. The lowest BCUT2D eigenvalue weighted by Crippen LogP contribution is -2.30. The van der Waals surface area contributed by atoms with E-state index in [2.05, 4.69) is 0 Å². The highest BCUT2D eigenvalue weighted by molar-refractivity contribution is 5.94. The van der Waals surface area contributed by atoms with Crippen molar-refractivity contribution in [2.45, 2.75) is 20.8 Å². The van der Waals surface area contributed by atoms with Crippen molar-refractivity contribution >= 4 is 12.2 Å². The number of carbonyl (C=O) groups excluding carboxylic acids is 2. The standard InChI is InChI=1S/C12H17NO.C8H8O3/c1-4-13(5-2)12(14)11-8-6-7-10(3)9-11;1-11-8-4-6(5-9)2-3-7(8)10/h6-9H,4-5H2,1-3H3;2-5,10H,1H3. The van der Waals surface area contributed by atoms with Gasteiger partial charge >= 0.3 is 0 Å². The van der Waals surface area contributed by atoms with Crippen LogP contribution in [0, 0.1) is 6.92 Å². The molecule has 0 saturated carbocycles. The van der Waals surface area contributed by atoms with Gasteiger partial charge in [0, 0.05) is 24.2 Å². The maximum Gasteiger partial charge on any atom is 0.253 e. The van der Waals surface area contributed by atoms with Crippen LogP contribution in [0.2, 0.25) is 0 Å². The summed E-state index contributed by atoms with van der Waals surface area (Å²) in [5.41, 5.74) is 2.40. The summed E-state index contributed by atoms with van der Waals surface area (Å²) in [4.78, 5) is 24.0. The average molecular weight is 343 g/mol. The van der Waals surface area contributed by atoms with Gasteiger partial charge in [0.15, 0.2) is 11.5 Å². The first-order chi connectivity index (χ1) is 12.0. The second kappa shape index (κ2) is 10.1. The second-order valence-electron chi connectivity index (χ2n) is 5.40. The molecule has 0 unspecified atom stereocenters. The van der Waals surface area contributed by atoms with Gasteiger partial charge in [-0.1, -0.05) is 17.7 Å². The number of amides is 1. The lowest BCUT2D eigenvalue weighted by molar-refractivity contribution is 0.0772. The predicted octanol–water partition coefficient (Wildman–Crippen LogP) is 3.69. The predicted molar refractivity (Wildman–Crippen MR) is 98.5 cm³/mol. The molecular formula is C20H25NO4. The van der Waals surface area contributed by atoms with Gasteiger partial charge in [-0.15, -0.1) is 0 Å². The summed E-state index contributed by atoms with van der Waals surface area (Å²) < 4.78 is 4.78. The van der Waals surface area contributed by atoms with Crippen LogP contribution < -0.4 is 4.74 Å². The van der Waals surface area contributed by atoms with E-state index < -0.39 is 0 Å². The minimum absolute atomic E-state index is 0.0399. The minimum atomic E-state index is 0.0399. The molecule has 5 heteroatoms.